The van der Waals surface area contributed by atoms with Crippen LogP contribution in [0.5, 0.6) is 5.75 Å². The number of aromatic hydroxyl groups is 1. The zero-order valence-electron chi connectivity index (χ0n) is 13.2. The summed E-state index contributed by atoms with van der Waals surface area (Å²) >= 11 is 6.00. The second kappa shape index (κ2) is 6.18. The molecular formula is C20H22ClNO. The van der Waals surface area contributed by atoms with Gasteiger partial charge in [-0.3, -0.25) is 4.90 Å². The van der Waals surface area contributed by atoms with E-state index in [1.807, 2.05) is 24.3 Å². The van der Waals surface area contributed by atoms with E-state index < -0.39 is 0 Å². The van der Waals surface area contributed by atoms with Gasteiger partial charge in [0.25, 0.3) is 0 Å². The van der Waals surface area contributed by atoms with E-state index in [1.54, 1.807) is 0 Å². The van der Waals surface area contributed by atoms with E-state index in [9.17, 15) is 5.11 Å². The van der Waals surface area contributed by atoms with E-state index in [-0.39, 0.29) is 0 Å². The Kier molecular flexibility index (Phi) is 4.04. The Morgan fingerprint density at radius 3 is 2.65 bits per heavy atom. The second-order valence-corrected chi connectivity index (χ2v) is 7.45. The molecule has 23 heavy (non-hydrogen) atoms. The highest BCUT2D eigenvalue weighted by Gasteiger charge is 2.31. The quantitative estimate of drug-likeness (QED) is 0.882. The maximum Gasteiger partial charge on any atom is 0.115 e. The number of benzene rings is 2. The van der Waals surface area contributed by atoms with Gasteiger partial charge in [-0.15, -0.1) is 0 Å². The molecule has 2 aliphatic heterocycles. The summed E-state index contributed by atoms with van der Waals surface area (Å²) in [5.41, 5.74) is 4.10. The molecule has 1 fully saturated rings. The minimum absolute atomic E-state index is 0.393. The summed E-state index contributed by atoms with van der Waals surface area (Å²) in [5, 5.41) is 10.6. The van der Waals surface area contributed by atoms with Crippen LogP contribution >= 0.6 is 11.6 Å². The molecule has 2 bridgehead atoms. The summed E-state index contributed by atoms with van der Waals surface area (Å²) in [6.45, 7) is 2.17. The van der Waals surface area contributed by atoms with Crippen molar-refractivity contribution >= 4 is 11.6 Å². The fourth-order valence-corrected chi connectivity index (χ4v) is 4.29. The fraction of sp³-hybridized carbons (Fsp3) is 0.400. The topological polar surface area (TPSA) is 23.5 Å². The van der Waals surface area contributed by atoms with Crippen molar-refractivity contribution in [3.05, 3.63) is 64.2 Å². The highest BCUT2D eigenvalue weighted by Crippen LogP contribution is 2.34. The molecule has 2 aromatic carbocycles. The first kappa shape index (κ1) is 15.0. The SMILES string of the molecule is Oc1ccc2c(c1)CC1CCC(C2)CN1Cc1ccc(Cl)cc1. The van der Waals surface area contributed by atoms with Crippen LogP contribution in [0.1, 0.15) is 29.5 Å². The molecule has 0 aromatic heterocycles. The van der Waals surface area contributed by atoms with Crippen LogP contribution in [0.2, 0.25) is 5.02 Å². The highest BCUT2D eigenvalue weighted by atomic mass is 35.5. The highest BCUT2D eigenvalue weighted by molar-refractivity contribution is 6.30. The third-order valence-corrected chi connectivity index (χ3v) is 5.62. The van der Waals surface area contributed by atoms with Gasteiger partial charge in [0.05, 0.1) is 0 Å². The monoisotopic (exact) mass is 327 g/mol. The van der Waals surface area contributed by atoms with Crippen LogP contribution in [0, 0.1) is 5.92 Å². The van der Waals surface area contributed by atoms with Crippen LogP contribution in [-0.4, -0.2) is 22.6 Å². The van der Waals surface area contributed by atoms with Gasteiger partial charge in [-0.25, -0.2) is 0 Å². The van der Waals surface area contributed by atoms with Gasteiger partial charge in [-0.1, -0.05) is 29.8 Å². The first-order valence-electron chi connectivity index (χ1n) is 8.46. The van der Waals surface area contributed by atoms with E-state index >= 15 is 0 Å². The first-order chi connectivity index (χ1) is 11.2. The average molecular weight is 328 g/mol. The normalized spacial score (nSPS) is 24.0. The lowest BCUT2D eigenvalue weighted by atomic mass is 9.80. The van der Waals surface area contributed by atoms with Gasteiger partial charge in [0.1, 0.15) is 5.75 Å². The number of hydrogen-bond donors (Lipinski definition) is 1. The van der Waals surface area contributed by atoms with Crippen molar-refractivity contribution in [3.8, 4) is 5.75 Å². The minimum Gasteiger partial charge on any atom is -0.508 e. The summed E-state index contributed by atoms with van der Waals surface area (Å²) in [6, 6.07) is 14.7. The number of phenols is 1. The van der Waals surface area contributed by atoms with Crippen molar-refractivity contribution in [1.29, 1.82) is 0 Å². The van der Waals surface area contributed by atoms with E-state index in [0.717, 1.165) is 30.3 Å². The Morgan fingerprint density at radius 2 is 1.83 bits per heavy atom. The van der Waals surface area contributed by atoms with Crippen molar-refractivity contribution < 1.29 is 5.11 Å². The van der Waals surface area contributed by atoms with E-state index in [0.29, 0.717) is 11.8 Å². The van der Waals surface area contributed by atoms with Crippen LogP contribution in [0.4, 0.5) is 0 Å². The van der Waals surface area contributed by atoms with Gasteiger partial charge >= 0.3 is 0 Å². The average Bonchev–Trinajstić information content (AvgIpc) is 2.52. The van der Waals surface area contributed by atoms with Crippen molar-refractivity contribution in [2.75, 3.05) is 6.54 Å². The Labute approximate surface area is 142 Å². The Balaban J connectivity index is 1.58. The van der Waals surface area contributed by atoms with Gasteiger partial charge in [0.15, 0.2) is 0 Å². The van der Waals surface area contributed by atoms with Crippen LogP contribution in [0.15, 0.2) is 42.5 Å². The smallest absolute Gasteiger partial charge is 0.115 e. The summed E-state index contributed by atoms with van der Waals surface area (Å²) < 4.78 is 0. The number of halogens is 1. The molecule has 3 aliphatic rings. The molecule has 120 valence electrons. The molecule has 0 spiro atoms. The molecule has 1 saturated heterocycles. The molecule has 2 unspecified atom stereocenters. The fourth-order valence-electron chi connectivity index (χ4n) is 4.16. The summed E-state index contributed by atoms with van der Waals surface area (Å²) in [7, 11) is 0. The summed E-state index contributed by atoms with van der Waals surface area (Å²) in [4.78, 5) is 2.63. The number of nitrogens with zero attached hydrogens (tertiary/aromatic N) is 1. The molecule has 1 N–H and O–H groups in total. The number of rotatable bonds is 2. The van der Waals surface area contributed by atoms with Crippen LogP contribution in [0.25, 0.3) is 0 Å². The maximum absolute atomic E-state index is 9.82. The van der Waals surface area contributed by atoms with E-state index in [4.69, 9.17) is 11.6 Å². The number of piperidine rings is 1. The molecule has 3 heteroatoms. The van der Waals surface area contributed by atoms with Gasteiger partial charge in [0.2, 0.25) is 0 Å². The zero-order chi connectivity index (χ0) is 15.8. The lowest BCUT2D eigenvalue weighted by molar-refractivity contribution is 0.0937. The van der Waals surface area contributed by atoms with Gasteiger partial charge in [-0.2, -0.15) is 0 Å². The maximum atomic E-state index is 9.82. The molecule has 2 nitrogen and oxygen atoms in total. The summed E-state index contributed by atoms with van der Waals surface area (Å²) in [5.74, 6) is 1.12. The zero-order valence-corrected chi connectivity index (χ0v) is 14.0. The van der Waals surface area contributed by atoms with Crippen LogP contribution in [0.3, 0.4) is 0 Å². The third kappa shape index (κ3) is 3.24. The molecule has 2 heterocycles. The number of hydrogen-bond acceptors (Lipinski definition) is 2. The Bertz CT molecular complexity index is 697. The van der Waals surface area contributed by atoms with Crippen LogP contribution in [-0.2, 0) is 19.4 Å². The Morgan fingerprint density at radius 1 is 1.00 bits per heavy atom. The van der Waals surface area contributed by atoms with E-state index in [1.165, 1.54) is 36.1 Å². The van der Waals surface area contributed by atoms with E-state index in [2.05, 4.69) is 23.1 Å². The second-order valence-electron chi connectivity index (χ2n) is 7.01. The molecule has 1 aliphatic carbocycles. The Hall–Kier alpha value is -1.51. The molecule has 0 amide bonds. The van der Waals surface area contributed by atoms with Gasteiger partial charge in [-0.05, 0) is 72.6 Å². The lowest BCUT2D eigenvalue weighted by Crippen LogP contribution is -2.46. The number of phenolic OH excluding ortho intramolecular Hbond substituents is 1. The first-order valence-corrected chi connectivity index (χ1v) is 8.84. The number of fused-ring (bicyclic) bond motifs is 2. The molecule has 2 atom stereocenters. The van der Waals surface area contributed by atoms with Crippen molar-refractivity contribution in [1.82, 2.24) is 4.90 Å². The largest absolute Gasteiger partial charge is 0.508 e. The molecule has 0 radical (unpaired) electrons. The van der Waals surface area contributed by atoms with Crippen molar-refractivity contribution in [2.45, 2.75) is 38.3 Å². The minimum atomic E-state index is 0.393. The van der Waals surface area contributed by atoms with Crippen molar-refractivity contribution in [2.24, 2.45) is 5.92 Å². The lowest BCUT2D eigenvalue weighted by Gasteiger charge is -2.42. The third-order valence-electron chi connectivity index (χ3n) is 5.37. The molecule has 0 saturated carbocycles. The standard InChI is InChI=1S/C20H22ClNO/c21-18-5-1-14(2-6-18)12-22-13-15-3-7-19(22)10-17-11-20(23)8-4-16(17)9-15/h1-2,4-6,8,11,15,19,23H,3,7,9-10,12-13H2. The molecule has 5 rings (SSSR count). The van der Waals surface area contributed by atoms with Gasteiger partial charge in [0, 0.05) is 24.2 Å². The van der Waals surface area contributed by atoms with Crippen LogP contribution < -0.4 is 0 Å². The molecule has 2 aromatic rings. The van der Waals surface area contributed by atoms with Crippen molar-refractivity contribution in [3.63, 3.8) is 0 Å². The summed E-state index contributed by atoms with van der Waals surface area (Å²) in [6.07, 6.45) is 4.76. The van der Waals surface area contributed by atoms with Gasteiger partial charge < -0.3 is 5.11 Å². The molecular weight excluding hydrogens is 306 g/mol. The predicted molar refractivity (Wildman–Crippen MR) is 93.9 cm³/mol. The predicted octanol–water partition coefficient (Wildman–Crippen LogP) is 4.43.